The summed E-state index contributed by atoms with van der Waals surface area (Å²) < 4.78 is 11.3. The van der Waals surface area contributed by atoms with E-state index in [1.54, 1.807) is 6.08 Å². The van der Waals surface area contributed by atoms with Crippen LogP contribution >= 0.6 is 0 Å². The fourth-order valence-corrected chi connectivity index (χ4v) is 0.692. The summed E-state index contributed by atoms with van der Waals surface area (Å²) in [6.07, 6.45) is 2.90. The van der Waals surface area contributed by atoms with Gasteiger partial charge in [0.2, 0.25) is 0 Å². The first-order valence-corrected chi connectivity index (χ1v) is 3.01. The first-order valence-electron chi connectivity index (χ1n) is 3.01. The highest BCUT2D eigenvalue weighted by atomic mass is 19.2. The van der Waals surface area contributed by atoms with Crippen molar-refractivity contribution in [3.8, 4) is 0 Å². The van der Waals surface area contributed by atoms with Gasteiger partial charge in [-0.3, -0.25) is 0 Å². The van der Waals surface area contributed by atoms with Gasteiger partial charge in [0, 0.05) is 6.20 Å². The Labute approximate surface area is 59.1 Å². The van der Waals surface area contributed by atoms with Crippen molar-refractivity contribution in [2.45, 2.75) is 0 Å². The molecule has 0 fully saturated rings. The zero-order valence-corrected chi connectivity index (χ0v) is 5.42. The summed E-state index contributed by atoms with van der Waals surface area (Å²) in [5.74, 6) is 0. The number of hydrogen-bond acceptors (Lipinski definition) is 1. The molecule has 0 aliphatic rings. The minimum absolute atomic E-state index is 0.979. The Morgan fingerprint density at radius 2 is 1.90 bits per heavy atom. The summed E-state index contributed by atoms with van der Waals surface area (Å²) in [4.78, 5) is 0. The van der Waals surface area contributed by atoms with Gasteiger partial charge >= 0.3 is 0 Å². The highest BCUT2D eigenvalue weighted by molar-refractivity contribution is 5.47. The van der Waals surface area contributed by atoms with E-state index in [1.807, 2.05) is 30.3 Å². The van der Waals surface area contributed by atoms with Gasteiger partial charge in [0.1, 0.15) is 0 Å². The zero-order valence-electron chi connectivity index (χ0n) is 5.42. The van der Waals surface area contributed by atoms with Crippen LogP contribution in [-0.4, -0.2) is 0 Å². The highest BCUT2D eigenvalue weighted by Crippen LogP contribution is 1.99. The second kappa shape index (κ2) is 3.67. The molecule has 0 bridgehead atoms. The topological polar surface area (TPSA) is 12.0 Å². The number of nitrogens with one attached hydrogen (secondary N) is 1. The predicted octanol–water partition coefficient (Wildman–Crippen LogP) is 2.13. The van der Waals surface area contributed by atoms with Gasteiger partial charge in [0.25, 0.3) is 0 Å². The van der Waals surface area contributed by atoms with Crippen molar-refractivity contribution in [1.29, 1.82) is 0 Å². The van der Waals surface area contributed by atoms with E-state index in [4.69, 9.17) is 0 Å². The fourth-order valence-electron chi connectivity index (χ4n) is 0.692. The Bertz CT molecular complexity index is 206. The van der Waals surface area contributed by atoms with Crippen molar-refractivity contribution in [1.82, 2.24) is 5.54 Å². The minimum Gasteiger partial charge on any atom is -0.232 e. The first kappa shape index (κ1) is 6.81. The summed E-state index contributed by atoms with van der Waals surface area (Å²) in [5, 5.41) is 0. The molecule has 1 aromatic carbocycles. The Hall–Kier alpha value is -1.31. The molecule has 0 aromatic heterocycles. The zero-order chi connectivity index (χ0) is 7.23. The largest absolute Gasteiger partial charge is 0.232 e. The van der Waals surface area contributed by atoms with Crippen LogP contribution in [0.25, 0.3) is 6.08 Å². The predicted molar refractivity (Wildman–Crippen MR) is 39.7 cm³/mol. The summed E-state index contributed by atoms with van der Waals surface area (Å²) in [5.41, 5.74) is 2.41. The van der Waals surface area contributed by atoms with E-state index >= 15 is 0 Å². The summed E-state index contributed by atoms with van der Waals surface area (Å²) in [6, 6.07) is 9.51. The average molecular weight is 137 g/mol. The van der Waals surface area contributed by atoms with Crippen LogP contribution in [0.3, 0.4) is 0 Å². The molecule has 52 valence electrons. The summed E-state index contributed by atoms with van der Waals surface area (Å²) in [7, 11) is 0. The van der Waals surface area contributed by atoms with Crippen LogP contribution < -0.4 is 5.54 Å². The molecule has 0 saturated heterocycles. The summed E-state index contributed by atoms with van der Waals surface area (Å²) >= 11 is 0. The SMILES string of the molecule is FN/C=C\c1ccccc1. The molecule has 2 heteroatoms. The molecule has 0 saturated carbocycles. The third-order valence-corrected chi connectivity index (χ3v) is 1.14. The van der Waals surface area contributed by atoms with Crippen LogP contribution in [0.4, 0.5) is 4.48 Å². The maximum atomic E-state index is 11.3. The van der Waals surface area contributed by atoms with Crippen molar-refractivity contribution in [2.24, 2.45) is 0 Å². The molecular weight excluding hydrogens is 129 g/mol. The van der Waals surface area contributed by atoms with Crippen molar-refractivity contribution in [3.05, 3.63) is 42.1 Å². The Morgan fingerprint density at radius 3 is 2.50 bits per heavy atom. The second-order valence-corrected chi connectivity index (χ2v) is 1.85. The lowest BCUT2D eigenvalue weighted by Gasteiger charge is -1.88. The number of benzene rings is 1. The fraction of sp³-hybridized carbons (Fsp3) is 0. The van der Waals surface area contributed by atoms with E-state index in [1.165, 1.54) is 11.7 Å². The summed E-state index contributed by atoms with van der Waals surface area (Å²) in [6.45, 7) is 0. The number of hydrogen-bond donors (Lipinski definition) is 1. The molecule has 0 heterocycles. The normalized spacial score (nSPS) is 10.1. The van der Waals surface area contributed by atoms with Crippen LogP contribution in [0.5, 0.6) is 0 Å². The Balaban J connectivity index is 2.67. The maximum Gasteiger partial charge on any atom is 0.0300 e. The molecule has 1 aromatic rings. The van der Waals surface area contributed by atoms with Crippen LogP contribution in [0, 0.1) is 0 Å². The van der Waals surface area contributed by atoms with Gasteiger partial charge < -0.3 is 0 Å². The molecule has 1 N–H and O–H groups in total. The highest BCUT2D eigenvalue weighted by Gasteiger charge is 1.79. The van der Waals surface area contributed by atoms with E-state index < -0.39 is 0 Å². The van der Waals surface area contributed by atoms with Gasteiger partial charge in [0.05, 0.1) is 0 Å². The van der Waals surface area contributed by atoms with Gasteiger partial charge in [-0.05, 0) is 11.6 Å². The molecule has 0 aliphatic heterocycles. The van der Waals surface area contributed by atoms with Gasteiger partial charge in [0.15, 0.2) is 0 Å². The van der Waals surface area contributed by atoms with E-state index in [0.717, 1.165) is 5.56 Å². The molecule has 0 radical (unpaired) electrons. The van der Waals surface area contributed by atoms with E-state index in [-0.39, 0.29) is 0 Å². The van der Waals surface area contributed by atoms with E-state index in [9.17, 15) is 4.48 Å². The van der Waals surface area contributed by atoms with Crippen molar-refractivity contribution in [2.75, 3.05) is 0 Å². The monoisotopic (exact) mass is 137 g/mol. The van der Waals surface area contributed by atoms with E-state index in [2.05, 4.69) is 0 Å². The van der Waals surface area contributed by atoms with Crippen LogP contribution in [0.15, 0.2) is 36.5 Å². The molecule has 0 aliphatic carbocycles. The lowest BCUT2D eigenvalue weighted by atomic mass is 10.2. The number of rotatable bonds is 2. The van der Waals surface area contributed by atoms with Gasteiger partial charge in [-0.15, -0.1) is 4.48 Å². The van der Waals surface area contributed by atoms with Crippen molar-refractivity contribution >= 4 is 6.08 Å². The molecule has 0 atom stereocenters. The van der Waals surface area contributed by atoms with Crippen molar-refractivity contribution < 1.29 is 4.48 Å². The first-order chi connectivity index (χ1) is 4.93. The third kappa shape index (κ3) is 1.90. The minimum atomic E-state index is 0.979. The molecular formula is C8H8FN. The molecule has 0 spiro atoms. The smallest absolute Gasteiger partial charge is 0.0300 e. The van der Waals surface area contributed by atoms with Gasteiger partial charge in [-0.1, -0.05) is 30.3 Å². The van der Waals surface area contributed by atoms with Crippen LogP contribution in [-0.2, 0) is 0 Å². The molecule has 10 heavy (non-hydrogen) atoms. The van der Waals surface area contributed by atoms with Crippen LogP contribution in [0.1, 0.15) is 5.56 Å². The second-order valence-electron chi connectivity index (χ2n) is 1.85. The molecule has 1 rings (SSSR count). The Kier molecular flexibility index (Phi) is 2.49. The van der Waals surface area contributed by atoms with Crippen LogP contribution in [0.2, 0.25) is 0 Å². The van der Waals surface area contributed by atoms with Gasteiger partial charge in [-0.2, -0.15) is 0 Å². The molecule has 0 unspecified atom stereocenters. The molecule has 0 amide bonds. The van der Waals surface area contributed by atoms with Gasteiger partial charge in [-0.25, -0.2) is 5.54 Å². The molecule has 1 nitrogen and oxygen atoms in total. The standard InChI is InChI=1S/C8H8FN/c9-10-7-6-8-4-2-1-3-5-8/h1-7,10H/b7-6-. The Morgan fingerprint density at radius 1 is 1.20 bits per heavy atom. The lowest BCUT2D eigenvalue weighted by Crippen LogP contribution is -1.81. The van der Waals surface area contributed by atoms with E-state index in [0.29, 0.717) is 0 Å². The quantitative estimate of drug-likeness (QED) is 0.616. The number of halogens is 1. The lowest BCUT2D eigenvalue weighted by molar-refractivity contribution is 0.408. The maximum absolute atomic E-state index is 11.3. The average Bonchev–Trinajstić information content (AvgIpc) is 2.03. The third-order valence-electron chi connectivity index (χ3n) is 1.14. The van der Waals surface area contributed by atoms with Crippen molar-refractivity contribution in [3.63, 3.8) is 0 Å².